The predicted octanol–water partition coefficient (Wildman–Crippen LogP) is 0.677. The molecule has 0 unspecified atom stereocenters. The van der Waals surface area contributed by atoms with Gasteiger partial charge in [-0.05, 0) is 18.2 Å². The summed E-state index contributed by atoms with van der Waals surface area (Å²) in [6, 6.07) is 4.05. The van der Waals surface area contributed by atoms with Crippen molar-refractivity contribution in [3.63, 3.8) is 0 Å². The van der Waals surface area contributed by atoms with E-state index in [-0.39, 0.29) is 24.6 Å². The Morgan fingerprint density at radius 2 is 2.19 bits per heavy atom. The van der Waals surface area contributed by atoms with Gasteiger partial charge >= 0.3 is 0 Å². The van der Waals surface area contributed by atoms with Crippen LogP contribution in [0.2, 0.25) is 0 Å². The van der Waals surface area contributed by atoms with Gasteiger partial charge in [0.05, 0.1) is 18.9 Å². The number of carbonyl (C=O) groups excluding carboxylic acids is 1. The van der Waals surface area contributed by atoms with Crippen molar-refractivity contribution >= 4 is 17.3 Å². The van der Waals surface area contributed by atoms with Crippen molar-refractivity contribution in [2.45, 2.75) is 6.42 Å². The number of nitrogens with zero attached hydrogens (tertiary/aromatic N) is 1. The summed E-state index contributed by atoms with van der Waals surface area (Å²) in [5.41, 5.74) is 5.89. The van der Waals surface area contributed by atoms with Crippen LogP contribution < -0.4 is 11.1 Å². The van der Waals surface area contributed by atoms with E-state index in [2.05, 4.69) is 5.32 Å². The van der Waals surface area contributed by atoms with Gasteiger partial charge in [0.2, 0.25) is 5.91 Å². The first-order valence-electron chi connectivity index (χ1n) is 6.74. The van der Waals surface area contributed by atoms with Gasteiger partial charge in [-0.1, -0.05) is 0 Å². The summed E-state index contributed by atoms with van der Waals surface area (Å²) in [5.74, 6) is -0.706. The average molecular weight is 299 g/mol. The van der Waals surface area contributed by atoms with Crippen LogP contribution in [0.1, 0.15) is 6.42 Å². The molecule has 1 aromatic rings. The van der Waals surface area contributed by atoms with E-state index in [1.54, 1.807) is 7.11 Å². The molecule has 0 saturated heterocycles. The fraction of sp³-hybridized carbons (Fsp3) is 0.500. The minimum Gasteiger partial charge on any atom is -0.396 e. The van der Waals surface area contributed by atoms with E-state index >= 15 is 0 Å². The van der Waals surface area contributed by atoms with Crippen molar-refractivity contribution in [2.75, 3.05) is 51.0 Å². The van der Waals surface area contributed by atoms with Crippen molar-refractivity contribution in [3.8, 4) is 0 Å². The fourth-order valence-corrected chi connectivity index (χ4v) is 1.80. The number of anilines is 2. The Balaban J connectivity index is 2.42. The number of benzene rings is 1. The zero-order chi connectivity index (χ0) is 15.7. The second-order valence-electron chi connectivity index (χ2n) is 4.59. The Morgan fingerprint density at radius 1 is 1.43 bits per heavy atom. The molecule has 1 rings (SSSR count). The predicted molar refractivity (Wildman–Crippen MR) is 79.5 cm³/mol. The number of hydrogen-bond acceptors (Lipinski definition) is 5. The van der Waals surface area contributed by atoms with Crippen LogP contribution in [0, 0.1) is 5.82 Å². The molecule has 7 heteroatoms. The molecule has 0 aromatic heterocycles. The normalized spacial score (nSPS) is 10.9. The maximum absolute atomic E-state index is 13.0. The van der Waals surface area contributed by atoms with Crippen LogP contribution in [0.5, 0.6) is 0 Å². The highest BCUT2D eigenvalue weighted by atomic mass is 19.1. The highest BCUT2D eigenvalue weighted by molar-refractivity contribution is 5.91. The minimum absolute atomic E-state index is 0.00481. The van der Waals surface area contributed by atoms with Crippen molar-refractivity contribution < 1.29 is 19.0 Å². The number of nitrogens with one attached hydrogen (secondary N) is 1. The molecule has 1 aromatic carbocycles. The molecule has 21 heavy (non-hydrogen) atoms. The second kappa shape index (κ2) is 9.28. The van der Waals surface area contributed by atoms with Gasteiger partial charge in [0, 0.05) is 38.9 Å². The quantitative estimate of drug-likeness (QED) is 0.584. The van der Waals surface area contributed by atoms with Crippen LogP contribution in [0.15, 0.2) is 18.2 Å². The molecule has 4 N–H and O–H groups in total. The van der Waals surface area contributed by atoms with Crippen molar-refractivity contribution in [2.24, 2.45) is 0 Å². The first-order valence-corrected chi connectivity index (χ1v) is 6.74. The molecule has 0 aliphatic rings. The molecular weight excluding hydrogens is 277 g/mol. The number of nitrogens with two attached hydrogens (primary N) is 1. The van der Waals surface area contributed by atoms with E-state index in [0.29, 0.717) is 31.9 Å². The summed E-state index contributed by atoms with van der Waals surface area (Å²) < 4.78 is 18.0. The summed E-state index contributed by atoms with van der Waals surface area (Å²) in [5, 5.41) is 11.6. The van der Waals surface area contributed by atoms with Gasteiger partial charge in [-0.2, -0.15) is 0 Å². The summed E-state index contributed by atoms with van der Waals surface area (Å²) >= 11 is 0. The summed E-state index contributed by atoms with van der Waals surface area (Å²) in [4.78, 5) is 13.8. The van der Waals surface area contributed by atoms with Crippen molar-refractivity contribution in [1.29, 1.82) is 0 Å². The van der Waals surface area contributed by atoms with Crippen LogP contribution in [0.4, 0.5) is 15.8 Å². The number of rotatable bonds is 9. The van der Waals surface area contributed by atoms with E-state index < -0.39 is 5.82 Å². The molecule has 1 amide bonds. The maximum Gasteiger partial charge on any atom is 0.225 e. The van der Waals surface area contributed by atoms with Gasteiger partial charge < -0.3 is 20.9 Å². The summed E-state index contributed by atoms with van der Waals surface area (Å²) in [6.07, 6.45) is 0.265. The van der Waals surface area contributed by atoms with E-state index in [1.165, 1.54) is 18.2 Å². The second-order valence-corrected chi connectivity index (χ2v) is 4.59. The molecule has 0 atom stereocenters. The van der Waals surface area contributed by atoms with E-state index in [9.17, 15) is 9.18 Å². The van der Waals surface area contributed by atoms with E-state index in [4.69, 9.17) is 15.6 Å². The standard InChI is InChI=1S/C14H22FN3O3/c1-21-9-7-18(6-8-19)5-4-14(20)17-11-2-3-12(15)13(16)10-11/h2-3,10,19H,4-9,16H2,1H3,(H,17,20). The summed E-state index contributed by atoms with van der Waals surface area (Å²) in [6.45, 7) is 2.20. The molecule has 6 nitrogen and oxygen atoms in total. The number of ether oxygens (including phenoxy) is 1. The number of amides is 1. The molecule has 0 bridgehead atoms. The molecule has 0 radical (unpaired) electrons. The number of carbonyl (C=O) groups is 1. The molecule has 0 saturated carbocycles. The SMILES string of the molecule is COCCN(CCO)CCC(=O)Nc1ccc(F)c(N)c1. The Bertz CT molecular complexity index is 457. The van der Waals surface area contributed by atoms with Gasteiger partial charge in [-0.3, -0.25) is 9.69 Å². The topological polar surface area (TPSA) is 87.8 Å². The molecular formula is C14H22FN3O3. The highest BCUT2D eigenvalue weighted by Gasteiger charge is 2.09. The van der Waals surface area contributed by atoms with Gasteiger partial charge in [-0.15, -0.1) is 0 Å². The average Bonchev–Trinajstić information content (AvgIpc) is 2.46. The largest absolute Gasteiger partial charge is 0.396 e. The Kier molecular flexibility index (Phi) is 7.66. The molecule has 0 aliphatic carbocycles. The van der Waals surface area contributed by atoms with E-state index in [0.717, 1.165) is 0 Å². The minimum atomic E-state index is -0.512. The lowest BCUT2D eigenvalue weighted by Gasteiger charge is -2.20. The van der Waals surface area contributed by atoms with Crippen LogP contribution >= 0.6 is 0 Å². The number of methoxy groups -OCH3 is 1. The highest BCUT2D eigenvalue weighted by Crippen LogP contribution is 2.16. The Hall–Kier alpha value is -1.70. The molecule has 0 fully saturated rings. The van der Waals surface area contributed by atoms with Gasteiger partial charge in [0.1, 0.15) is 5.82 Å². The van der Waals surface area contributed by atoms with Gasteiger partial charge in [0.25, 0.3) is 0 Å². The first-order chi connectivity index (χ1) is 10.1. The molecule has 0 spiro atoms. The lowest BCUT2D eigenvalue weighted by atomic mass is 10.2. The number of hydrogen-bond donors (Lipinski definition) is 3. The van der Waals surface area contributed by atoms with Crippen LogP contribution in [0.3, 0.4) is 0 Å². The van der Waals surface area contributed by atoms with Crippen LogP contribution in [-0.4, -0.2) is 55.9 Å². The van der Waals surface area contributed by atoms with Crippen molar-refractivity contribution in [1.82, 2.24) is 4.90 Å². The maximum atomic E-state index is 13.0. The third-order valence-electron chi connectivity index (χ3n) is 2.96. The van der Waals surface area contributed by atoms with Crippen LogP contribution in [0.25, 0.3) is 0 Å². The van der Waals surface area contributed by atoms with Gasteiger partial charge in [-0.25, -0.2) is 4.39 Å². The zero-order valence-corrected chi connectivity index (χ0v) is 12.1. The number of aliphatic hydroxyl groups excluding tert-OH is 1. The smallest absolute Gasteiger partial charge is 0.225 e. The third kappa shape index (κ3) is 6.52. The van der Waals surface area contributed by atoms with E-state index in [1.807, 2.05) is 4.90 Å². The summed E-state index contributed by atoms with van der Waals surface area (Å²) in [7, 11) is 1.60. The zero-order valence-electron chi connectivity index (χ0n) is 12.1. The third-order valence-corrected chi connectivity index (χ3v) is 2.96. The fourth-order valence-electron chi connectivity index (χ4n) is 1.80. The molecule has 0 heterocycles. The number of nitrogen functional groups attached to an aromatic ring is 1. The van der Waals surface area contributed by atoms with Gasteiger partial charge in [0.15, 0.2) is 0 Å². The number of aliphatic hydroxyl groups is 1. The van der Waals surface area contributed by atoms with Crippen LogP contribution in [-0.2, 0) is 9.53 Å². The number of halogens is 1. The van der Waals surface area contributed by atoms with Crippen molar-refractivity contribution in [3.05, 3.63) is 24.0 Å². The molecule has 0 aliphatic heterocycles. The molecule has 118 valence electrons. The lowest BCUT2D eigenvalue weighted by Crippen LogP contribution is -2.33. The monoisotopic (exact) mass is 299 g/mol. The Labute approximate surface area is 123 Å². The first kappa shape index (κ1) is 17.4. The Morgan fingerprint density at radius 3 is 2.81 bits per heavy atom. The lowest BCUT2D eigenvalue weighted by molar-refractivity contribution is -0.116.